The molecule has 0 unspecified atom stereocenters. The molecular weight excluding hydrogens is 202 g/mol. The standard InChI is InChI=1S/C13H11NO2/c1-2-4-11(15)10-7-6-9-5-3-8-14-12(9)13(10)16/h2-8,16H,1H3. The molecule has 0 aliphatic rings. The normalized spacial score (nSPS) is 11.1. The highest BCUT2D eigenvalue weighted by Crippen LogP contribution is 2.27. The van der Waals surface area contributed by atoms with Gasteiger partial charge < -0.3 is 5.11 Å². The van der Waals surface area contributed by atoms with Gasteiger partial charge >= 0.3 is 0 Å². The number of carbonyl (C=O) groups is 1. The number of fused-ring (bicyclic) bond motifs is 1. The van der Waals surface area contributed by atoms with Crippen molar-refractivity contribution >= 4 is 16.7 Å². The molecule has 0 bridgehead atoms. The number of phenols is 1. The van der Waals surface area contributed by atoms with Gasteiger partial charge in [-0.05, 0) is 25.1 Å². The molecule has 1 N–H and O–H groups in total. The number of allylic oxidation sites excluding steroid dienone is 2. The van der Waals surface area contributed by atoms with Crippen molar-refractivity contribution in [3.63, 3.8) is 0 Å². The van der Waals surface area contributed by atoms with Crippen molar-refractivity contribution in [2.24, 2.45) is 0 Å². The van der Waals surface area contributed by atoms with E-state index in [2.05, 4.69) is 4.98 Å². The Labute approximate surface area is 93.1 Å². The van der Waals surface area contributed by atoms with E-state index < -0.39 is 0 Å². The summed E-state index contributed by atoms with van der Waals surface area (Å²) in [7, 11) is 0. The number of rotatable bonds is 2. The average Bonchev–Trinajstić information content (AvgIpc) is 2.30. The smallest absolute Gasteiger partial charge is 0.189 e. The predicted octanol–water partition coefficient (Wildman–Crippen LogP) is 2.70. The zero-order valence-corrected chi connectivity index (χ0v) is 8.84. The molecule has 0 saturated carbocycles. The van der Waals surface area contributed by atoms with E-state index in [1.54, 1.807) is 37.4 Å². The monoisotopic (exact) mass is 213 g/mol. The van der Waals surface area contributed by atoms with Crippen LogP contribution in [0.5, 0.6) is 5.75 Å². The fourth-order valence-electron chi connectivity index (χ4n) is 1.57. The number of hydrogen-bond donors (Lipinski definition) is 1. The highest BCUT2D eigenvalue weighted by atomic mass is 16.3. The Kier molecular flexibility index (Phi) is 2.68. The number of nitrogens with zero attached hydrogens (tertiary/aromatic N) is 1. The second-order valence-electron chi connectivity index (χ2n) is 3.40. The molecule has 3 nitrogen and oxygen atoms in total. The van der Waals surface area contributed by atoms with E-state index in [0.29, 0.717) is 5.52 Å². The van der Waals surface area contributed by atoms with Crippen LogP contribution in [0.3, 0.4) is 0 Å². The summed E-state index contributed by atoms with van der Waals surface area (Å²) in [6.07, 6.45) is 4.65. The van der Waals surface area contributed by atoms with Crippen LogP contribution in [-0.4, -0.2) is 15.9 Å². The summed E-state index contributed by atoms with van der Waals surface area (Å²) in [6.45, 7) is 1.76. The fraction of sp³-hybridized carbons (Fsp3) is 0.0769. The van der Waals surface area contributed by atoms with E-state index in [4.69, 9.17) is 0 Å². The SMILES string of the molecule is CC=CC(=O)c1ccc2cccnc2c1O. The van der Waals surface area contributed by atoms with Crippen LogP contribution < -0.4 is 0 Å². The first kappa shape index (κ1) is 10.4. The summed E-state index contributed by atoms with van der Waals surface area (Å²) >= 11 is 0. The molecule has 16 heavy (non-hydrogen) atoms. The van der Waals surface area contributed by atoms with Gasteiger partial charge in [-0.15, -0.1) is 0 Å². The Morgan fingerprint density at radius 1 is 1.38 bits per heavy atom. The van der Waals surface area contributed by atoms with Gasteiger partial charge in [0, 0.05) is 11.6 Å². The third-order valence-corrected chi connectivity index (χ3v) is 2.33. The molecule has 0 atom stereocenters. The second-order valence-corrected chi connectivity index (χ2v) is 3.40. The first-order chi connectivity index (χ1) is 7.74. The summed E-state index contributed by atoms with van der Waals surface area (Å²) in [4.78, 5) is 15.7. The summed E-state index contributed by atoms with van der Waals surface area (Å²) < 4.78 is 0. The Balaban J connectivity index is 2.65. The minimum Gasteiger partial charge on any atom is -0.505 e. The summed E-state index contributed by atoms with van der Waals surface area (Å²) in [6, 6.07) is 7.02. The van der Waals surface area contributed by atoms with Crippen molar-refractivity contribution in [2.75, 3.05) is 0 Å². The molecule has 1 aromatic carbocycles. The lowest BCUT2D eigenvalue weighted by atomic mass is 10.1. The minimum atomic E-state index is -0.215. The largest absolute Gasteiger partial charge is 0.505 e. The van der Waals surface area contributed by atoms with Gasteiger partial charge in [0.25, 0.3) is 0 Å². The Morgan fingerprint density at radius 2 is 2.19 bits per heavy atom. The molecule has 2 aromatic rings. The van der Waals surface area contributed by atoms with Crippen LogP contribution in [0, 0.1) is 0 Å². The first-order valence-corrected chi connectivity index (χ1v) is 4.97. The Bertz CT molecular complexity index is 573. The number of aromatic nitrogens is 1. The molecule has 0 aliphatic carbocycles. The van der Waals surface area contributed by atoms with Crippen molar-refractivity contribution in [2.45, 2.75) is 6.92 Å². The van der Waals surface area contributed by atoms with Gasteiger partial charge in [-0.3, -0.25) is 9.78 Å². The molecule has 0 amide bonds. The lowest BCUT2D eigenvalue weighted by molar-refractivity contribution is 0.104. The maximum atomic E-state index is 11.6. The van der Waals surface area contributed by atoms with Gasteiger partial charge in [-0.2, -0.15) is 0 Å². The second kappa shape index (κ2) is 4.14. The Morgan fingerprint density at radius 3 is 2.94 bits per heavy atom. The van der Waals surface area contributed by atoms with Crippen molar-refractivity contribution in [1.29, 1.82) is 0 Å². The fourth-order valence-corrected chi connectivity index (χ4v) is 1.57. The van der Waals surface area contributed by atoms with Crippen LogP contribution in [0.25, 0.3) is 10.9 Å². The zero-order chi connectivity index (χ0) is 11.5. The van der Waals surface area contributed by atoms with E-state index in [-0.39, 0.29) is 17.1 Å². The molecule has 0 spiro atoms. The molecule has 0 radical (unpaired) electrons. The molecule has 3 heteroatoms. The van der Waals surface area contributed by atoms with Crippen LogP contribution in [0.2, 0.25) is 0 Å². The highest BCUT2D eigenvalue weighted by Gasteiger charge is 2.11. The van der Waals surface area contributed by atoms with Gasteiger partial charge in [0.15, 0.2) is 11.5 Å². The summed E-state index contributed by atoms with van der Waals surface area (Å²) in [5.74, 6) is -0.270. The van der Waals surface area contributed by atoms with Crippen molar-refractivity contribution in [1.82, 2.24) is 4.98 Å². The molecule has 2 rings (SSSR count). The van der Waals surface area contributed by atoms with Gasteiger partial charge in [-0.25, -0.2) is 0 Å². The number of aromatic hydroxyl groups is 1. The third-order valence-electron chi connectivity index (χ3n) is 2.33. The van der Waals surface area contributed by atoms with Crippen molar-refractivity contribution in [3.8, 4) is 5.75 Å². The number of benzene rings is 1. The molecular formula is C13H11NO2. The van der Waals surface area contributed by atoms with Crippen molar-refractivity contribution < 1.29 is 9.90 Å². The van der Waals surface area contributed by atoms with Crippen LogP contribution >= 0.6 is 0 Å². The number of ketones is 1. The lowest BCUT2D eigenvalue weighted by Gasteiger charge is -2.03. The lowest BCUT2D eigenvalue weighted by Crippen LogP contribution is -1.95. The Hall–Kier alpha value is -2.16. The molecule has 0 saturated heterocycles. The van der Waals surface area contributed by atoms with Crippen LogP contribution in [0.4, 0.5) is 0 Å². The molecule has 0 aliphatic heterocycles. The minimum absolute atomic E-state index is 0.0544. The van der Waals surface area contributed by atoms with E-state index in [1.165, 1.54) is 6.08 Å². The molecule has 1 aromatic heterocycles. The van der Waals surface area contributed by atoms with Crippen molar-refractivity contribution in [3.05, 3.63) is 48.2 Å². The van der Waals surface area contributed by atoms with E-state index in [0.717, 1.165) is 5.39 Å². The third kappa shape index (κ3) is 1.67. The predicted molar refractivity (Wildman–Crippen MR) is 62.6 cm³/mol. The zero-order valence-electron chi connectivity index (χ0n) is 8.84. The van der Waals surface area contributed by atoms with E-state index in [1.807, 2.05) is 6.07 Å². The molecule has 1 heterocycles. The quantitative estimate of drug-likeness (QED) is 0.616. The number of pyridine rings is 1. The molecule has 80 valence electrons. The maximum Gasteiger partial charge on any atom is 0.189 e. The van der Waals surface area contributed by atoms with Crippen LogP contribution in [0.15, 0.2) is 42.6 Å². The summed E-state index contributed by atoms with van der Waals surface area (Å²) in [5.41, 5.74) is 0.738. The highest BCUT2D eigenvalue weighted by molar-refractivity contribution is 6.09. The molecule has 0 fully saturated rings. The first-order valence-electron chi connectivity index (χ1n) is 4.97. The number of hydrogen-bond acceptors (Lipinski definition) is 3. The van der Waals surface area contributed by atoms with E-state index >= 15 is 0 Å². The maximum absolute atomic E-state index is 11.6. The summed E-state index contributed by atoms with van der Waals surface area (Å²) in [5, 5.41) is 10.7. The van der Waals surface area contributed by atoms with Gasteiger partial charge in [0.1, 0.15) is 5.52 Å². The van der Waals surface area contributed by atoms with Gasteiger partial charge in [0.2, 0.25) is 0 Å². The number of carbonyl (C=O) groups excluding carboxylic acids is 1. The van der Waals surface area contributed by atoms with Crippen LogP contribution in [-0.2, 0) is 0 Å². The van der Waals surface area contributed by atoms with E-state index in [9.17, 15) is 9.90 Å². The number of phenolic OH excluding ortho intramolecular Hbond substituents is 1. The topological polar surface area (TPSA) is 50.2 Å². The average molecular weight is 213 g/mol. The van der Waals surface area contributed by atoms with Crippen LogP contribution in [0.1, 0.15) is 17.3 Å². The van der Waals surface area contributed by atoms with Gasteiger partial charge in [-0.1, -0.05) is 18.2 Å². The van der Waals surface area contributed by atoms with Gasteiger partial charge in [0.05, 0.1) is 5.56 Å².